The summed E-state index contributed by atoms with van der Waals surface area (Å²) in [4.78, 5) is 17.0. The van der Waals surface area contributed by atoms with Crippen LogP contribution in [0.3, 0.4) is 0 Å². The molecule has 1 fully saturated rings. The number of carbonyl (C=O) groups excluding carboxylic acids is 1. The summed E-state index contributed by atoms with van der Waals surface area (Å²) in [5.41, 5.74) is 4.39. The monoisotopic (exact) mass is 387 g/mol. The van der Waals surface area contributed by atoms with Crippen molar-refractivity contribution in [1.82, 2.24) is 24.7 Å². The molecule has 0 N–H and O–H groups in total. The molecular weight excluding hydrogens is 354 g/mol. The Morgan fingerprint density at radius 3 is 2.50 bits per heavy atom. The lowest BCUT2D eigenvalue weighted by Gasteiger charge is -2.34. The molecule has 0 bridgehead atoms. The van der Waals surface area contributed by atoms with E-state index in [1.165, 1.54) is 11.3 Å². The third-order valence-corrected chi connectivity index (χ3v) is 5.44. The van der Waals surface area contributed by atoms with E-state index in [-0.39, 0.29) is 5.91 Å². The van der Waals surface area contributed by atoms with E-state index in [1.54, 1.807) is 0 Å². The normalized spacial score (nSPS) is 15.6. The average Bonchev–Trinajstić information content (AvgIpc) is 3.16. The molecule has 0 aliphatic carbocycles. The predicted octanol–water partition coefficient (Wildman–Crippen LogP) is 2.73. The molecule has 3 heterocycles. The zero-order chi connectivity index (χ0) is 20.3. The van der Waals surface area contributed by atoms with Gasteiger partial charge in [0.15, 0.2) is 5.76 Å². The Kier molecular flexibility index (Phi) is 6.54. The molecule has 1 saturated heterocycles. The molecular formula is C21H33N5O2. The minimum atomic E-state index is 0.241. The Morgan fingerprint density at radius 2 is 1.89 bits per heavy atom. The van der Waals surface area contributed by atoms with Crippen LogP contribution in [-0.4, -0.2) is 56.8 Å². The van der Waals surface area contributed by atoms with Gasteiger partial charge in [0.2, 0.25) is 5.91 Å². The molecule has 0 saturated carbocycles. The van der Waals surface area contributed by atoms with Gasteiger partial charge in [0, 0.05) is 50.9 Å². The molecule has 0 atom stereocenters. The fourth-order valence-corrected chi connectivity index (χ4v) is 3.88. The van der Waals surface area contributed by atoms with Gasteiger partial charge >= 0.3 is 0 Å². The molecule has 1 aliphatic heterocycles. The van der Waals surface area contributed by atoms with Crippen molar-refractivity contribution < 1.29 is 9.32 Å². The van der Waals surface area contributed by atoms with Crippen LogP contribution in [0.5, 0.6) is 0 Å². The van der Waals surface area contributed by atoms with E-state index < -0.39 is 0 Å². The van der Waals surface area contributed by atoms with Gasteiger partial charge in [-0.25, -0.2) is 0 Å². The first-order valence-corrected chi connectivity index (χ1v) is 10.3. The average molecular weight is 388 g/mol. The summed E-state index contributed by atoms with van der Waals surface area (Å²) in [6.45, 7) is 15.5. The van der Waals surface area contributed by atoms with E-state index in [9.17, 15) is 4.79 Å². The fourth-order valence-electron chi connectivity index (χ4n) is 3.88. The van der Waals surface area contributed by atoms with Gasteiger partial charge in [-0.15, -0.1) is 0 Å². The van der Waals surface area contributed by atoms with Crippen molar-refractivity contribution in [3.8, 4) is 0 Å². The Hall–Kier alpha value is -2.15. The van der Waals surface area contributed by atoms with Crippen molar-refractivity contribution in [2.75, 3.05) is 26.2 Å². The van der Waals surface area contributed by atoms with Crippen molar-refractivity contribution in [1.29, 1.82) is 0 Å². The molecule has 2 aromatic rings. The first-order valence-electron chi connectivity index (χ1n) is 10.3. The van der Waals surface area contributed by atoms with Crippen LogP contribution in [0.1, 0.15) is 48.7 Å². The number of hydrogen-bond acceptors (Lipinski definition) is 5. The number of aryl methyl sites for hydroxylation is 2. The summed E-state index contributed by atoms with van der Waals surface area (Å²) in [5, 5.41) is 8.60. The number of piperazine rings is 1. The van der Waals surface area contributed by atoms with E-state index in [0.717, 1.165) is 62.8 Å². The molecule has 154 valence electrons. The molecule has 7 nitrogen and oxygen atoms in total. The van der Waals surface area contributed by atoms with Crippen LogP contribution in [0.15, 0.2) is 10.6 Å². The number of amides is 1. The highest BCUT2D eigenvalue weighted by molar-refractivity contribution is 5.76. The van der Waals surface area contributed by atoms with Crippen molar-refractivity contribution in [2.45, 2.75) is 60.5 Å². The number of hydrogen-bond donors (Lipinski definition) is 0. The Morgan fingerprint density at radius 1 is 1.18 bits per heavy atom. The second-order valence-electron chi connectivity index (χ2n) is 8.32. The second kappa shape index (κ2) is 8.90. The zero-order valence-corrected chi connectivity index (χ0v) is 17.9. The molecule has 2 aromatic heterocycles. The SMILES string of the molecule is Cc1cc(CN2CCN(C(=O)CCc3c(C)nn(CC(C)C)c3C)CC2)on1. The molecule has 0 unspecified atom stereocenters. The summed E-state index contributed by atoms with van der Waals surface area (Å²) in [5.74, 6) is 1.69. The van der Waals surface area contributed by atoms with Crippen molar-refractivity contribution in [3.63, 3.8) is 0 Å². The third-order valence-electron chi connectivity index (χ3n) is 5.44. The molecule has 3 rings (SSSR count). The van der Waals surface area contributed by atoms with Crippen LogP contribution in [0.4, 0.5) is 0 Å². The predicted molar refractivity (Wildman–Crippen MR) is 108 cm³/mol. The number of rotatable bonds is 7. The van der Waals surface area contributed by atoms with E-state index in [4.69, 9.17) is 4.52 Å². The maximum atomic E-state index is 12.7. The highest BCUT2D eigenvalue weighted by Gasteiger charge is 2.22. The molecule has 28 heavy (non-hydrogen) atoms. The molecule has 0 radical (unpaired) electrons. The Labute approximate surface area is 167 Å². The number of carbonyl (C=O) groups is 1. The standard InChI is InChI=1S/C21H33N5O2/c1-15(2)13-26-18(5)20(17(4)22-26)6-7-21(27)25-10-8-24(9-11-25)14-19-12-16(3)23-28-19/h12,15H,6-11,13-14H2,1-5H3. The first kappa shape index (κ1) is 20.6. The van der Waals surface area contributed by atoms with Crippen LogP contribution >= 0.6 is 0 Å². The lowest BCUT2D eigenvalue weighted by molar-refractivity contribution is -0.133. The van der Waals surface area contributed by atoms with Gasteiger partial charge in [-0.3, -0.25) is 14.4 Å². The quantitative estimate of drug-likeness (QED) is 0.731. The lowest BCUT2D eigenvalue weighted by Crippen LogP contribution is -2.48. The number of aromatic nitrogens is 3. The first-order chi connectivity index (χ1) is 13.3. The highest BCUT2D eigenvalue weighted by Crippen LogP contribution is 2.18. The van der Waals surface area contributed by atoms with Gasteiger partial charge in [-0.1, -0.05) is 19.0 Å². The maximum absolute atomic E-state index is 12.7. The summed E-state index contributed by atoms with van der Waals surface area (Å²) in [6, 6.07) is 1.97. The molecule has 1 aliphatic rings. The van der Waals surface area contributed by atoms with Crippen molar-refractivity contribution >= 4 is 5.91 Å². The summed E-state index contributed by atoms with van der Waals surface area (Å²) < 4.78 is 7.38. The lowest BCUT2D eigenvalue weighted by atomic mass is 10.1. The van der Waals surface area contributed by atoms with Gasteiger partial charge in [0.25, 0.3) is 0 Å². The largest absolute Gasteiger partial charge is 0.360 e. The van der Waals surface area contributed by atoms with Crippen LogP contribution in [0.2, 0.25) is 0 Å². The summed E-state index contributed by atoms with van der Waals surface area (Å²) in [6.07, 6.45) is 1.32. The molecule has 1 amide bonds. The second-order valence-corrected chi connectivity index (χ2v) is 8.32. The molecule has 7 heteroatoms. The van der Waals surface area contributed by atoms with Crippen LogP contribution in [0, 0.1) is 26.7 Å². The third kappa shape index (κ3) is 5.01. The minimum absolute atomic E-state index is 0.241. The molecule has 0 aromatic carbocycles. The topological polar surface area (TPSA) is 67.4 Å². The minimum Gasteiger partial charge on any atom is -0.360 e. The number of nitrogens with zero attached hydrogens (tertiary/aromatic N) is 5. The smallest absolute Gasteiger partial charge is 0.222 e. The fraction of sp³-hybridized carbons (Fsp3) is 0.667. The van der Waals surface area contributed by atoms with Gasteiger partial charge in [-0.2, -0.15) is 5.10 Å². The van der Waals surface area contributed by atoms with Crippen LogP contribution in [-0.2, 0) is 24.3 Å². The maximum Gasteiger partial charge on any atom is 0.222 e. The Bertz CT molecular complexity index is 800. The van der Waals surface area contributed by atoms with Gasteiger partial charge in [0.05, 0.1) is 17.9 Å². The van der Waals surface area contributed by atoms with Crippen molar-refractivity contribution in [2.24, 2.45) is 5.92 Å². The highest BCUT2D eigenvalue weighted by atomic mass is 16.5. The van der Waals surface area contributed by atoms with Crippen LogP contribution < -0.4 is 0 Å². The van der Waals surface area contributed by atoms with E-state index in [1.807, 2.05) is 24.8 Å². The summed E-state index contributed by atoms with van der Waals surface area (Å²) >= 11 is 0. The summed E-state index contributed by atoms with van der Waals surface area (Å²) in [7, 11) is 0. The van der Waals surface area contributed by atoms with Gasteiger partial charge < -0.3 is 9.42 Å². The van der Waals surface area contributed by atoms with Gasteiger partial charge in [0.1, 0.15) is 0 Å². The van der Waals surface area contributed by atoms with E-state index in [0.29, 0.717) is 12.3 Å². The van der Waals surface area contributed by atoms with E-state index in [2.05, 4.69) is 40.6 Å². The van der Waals surface area contributed by atoms with Crippen molar-refractivity contribution in [3.05, 3.63) is 34.5 Å². The van der Waals surface area contributed by atoms with Gasteiger partial charge in [-0.05, 0) is 38.7 Å². The zero-order valence-electron chi connectivity index (χ0n) is 17.9. The Balaban J connectivity index is 1.48. The molecule has 0 spiro atoms. The van der Waals surface area contributed by atoms with E-state index >= 15 is 0 Å². The van der Waals surface area contributed by atoms with Crippen LogP contribution in [0.25, 0.3) is 0 Å².